The molecule has 5 nitrogen and oxygen atoms in total. The maximum absolute atomic E-state index is 13.6. The lowest BCUT2D eigenvalue weighted by Crippen LogP contribution is -2.32. The van der Waals surface area contributed by atoms with Crippen molar-refractivity contribution in [3.8, 4) is 5.75 Å². The Morgan fingerprint density at radius 1 is 1.21 bits per heavy atom. The molecule has 0 fully saturated rings. The highest BCUT2D eigenvalue weighted by molar-refractivity contribution is 5.90. The number of benzene rings is 2. The Hall–Kier alpha value is -2.60. The minimum atomic E-state index is -1.12. The molecule has 6 heteroatoms. The normalized spacial score (nSPS) is 11.6. The van der Waals surface area contributed by atoms with E-state index in [9.17, 15) is 14.3 Å². The van der Waals surface area contributed by atoms with Gasteiger partial charge < -0.3 is 20.5 Å². The first-order valence-electron chi connectivity index (χ1n) is 7.81. The Balaban J connectivity index is 1.91. The van der Waals surface area contributed by atoms with Gasteiger partial charge in [-0.2, -0.15) is 0 Å². The molecule has 0 aliphatic carbocycles. The van der Waals surface area contributed by atoms with Gasteiger partial charge in [-0.3, -0.25) is 0 Å². The maximum atomic E-state index is 13.6. The van der Waals surface area contributed by atoms with Gasteiger partial charge in [0.05, 0.1) is 18.4 Å². The molecule has 0 aliphatic rings. The van der Waals surface area contributed by atoms with Crippen molar-refractivity contribution in [1.29, 1.82) is 0 Å². The summed E-state index contributed by atoms with van der Waals surface area (Å²) in [6.45, 7) is 2.43. The van der Waals surface area contributed by atoms with E-state index in [1.54, 1.807) is 30.3 Å². The molecule has 0 heterocycles. The molecule has 1 atom stereocenters. The number of para-hydroxylation sites is 2. The number of anilines is 1. The minimum Gasteiger partial charge on any atom is -0.491 e. The van der Waals surface area contributed by atoms with Gasteiger partial charge in [0.25, 0.3) is 0 Å². The predicted octanol–water partition coefficient (Wildman–Crippen LogP) is 3.47. The zero-order valence-electron chi connectivity index (χ0n) is 13.5. The summed E-state index contributed by atoms with van der Waals surface area (Å²) in [6.07, 6.45) is -0.265. The molecule has 0 aromatic heterocycles. The fourth-order valence-electron chi connectivity index (χ4n) is 2.12. The second kappa shape index (κ2) is 8.88. The summed E-state index contributed by atoms with van der Waals surface area (Å²) in [5, 5.41) is 15.2. The molecule has 2 aromatic rings. The SMILES string of the molecule is CCCOc1ccccc1NC(=O)NCC(O)c1ccccc1F. The van der Waals surface area contributed by atoms with Crippen molar-refractivity contribution >= 4 is 11.7 Å². The number of urea groups is 1. The van der Waals surface area contributed by atoms with Crippen LogP contribution < -0.4 is 15.4 Å². The summed E-state index contributed by atoms with van der Waals surface area (Å²) in [7, 11) is 0. The number of aliphatic hydroxyl groups excluding tert-OH is 1. The van der Waals surface area contributed by atoms with Gasteiger partial charge in [0.1, 0.15) is 11.6 Å². The van der Waals surface area contributed by atoms with E-state index in [1.165, 1.54) is 12.1 Å². The Morgan fingerprint density at radius 2 is 1.92 bits per heavy atom. The van der Waals surface area contributed by atoms with Crippen molar-refractivity contribution in [1.82, 2.24) is 5.32 Å². The number of carbonyl (C=O) groups excluding carboxylic acids is 1. The van der Waals surface area contributed by atoms with Crippen LogP contribution in [0.25, 0.3) is 0 Å². The largest absolute Gasteiger partial charge is 0.491 e. The fourth-order valence-corrected chi connectivity index (χ4v) is 2.12. The van der Waals surface area contributed by atoms with Crippen LogP contribution in [-0.2, 0) is 0 Å². The summed E-state index contributed by atoms with van der Waals surface area (Å²) >= 11 is 0. The van der Waals surface area contributed by atoms with Gasteiger partial charge in [-0.25, -0.2) is 9.18 Å². The third-order valence-corrected chi connectivity index (χ3v) is 3.32. The van der Waals surface area contributed by atoms with Crippen molar-refractivity contribution in [3.63, 3.8) is 0 Å². The average molecular weight is 332 g/mol. The molecule has 0 radical (unpaired) electrons. The lowest BCUT2D eigenvalue weighted by Gasteiger charge is -2.15. The van der Waals surface area contributed by atoms with Crippen LogP contribution in [0.4, 0.5) is 14.9 Å². The standard InChI is InChI=1S/C18H21FN2O3/c1-2-11-24-17-10-6-5-9-15(17)21-18(23)20-12-16(22)13-7-3-4-8-14(13)19/h3-10,16,22H,2,11-12H2,1H3,(H2,20,21,23). The van der Waals surface area contributed by atoms with E-state index >= 15 is 0 Å². The summed E-state index contributed by atoms with van der Waals surface area (Å²) in [5.74, 6) is 0.0645. The van der Waals surface area contributed by atoms with E-state index in [4.69, 9.17) is 4.74 Å². The van der Waals surface area contributed by atoms with Crippen LogP contribution in [0.5, 0.6) is 5.75 Å². The fraction of sp³-hybridized carbons (Fsp3) is 0.278. The number of aliphatic hydroxyl groups is 1. The first-order chi connectivity index (χ1) is 11.6. The molecular weight excluding hydrogens is 311 g/mol. The van der Waals surface area contributed by atoms with E-state index in [1.807, 2.05) is 13.0 Å². The number of rotatable bonds is 7. The summed E-state index contributed by atoms with van der Waals surface area (Å²) < 4.78 is 19.1. The first kappa shape index (κ1) is 17.7. The number of nitrogens with one attached hydrogen (secondary N) is 2. The van der Waals surface area contributed by atoms with Gasteiger partial charge >= 0.3 is 6.03 Å². The van der Waals surface area contributed by atoms with Crippen LogP contribution in [0.1, 0.15) is 25.0 Å². The zero-order chi connectivity index (χ0) is 17.4. The number of amides is 2. The van der Waals surface area contributed by atoms with Gasteiger partial charge in [0.15, 0.2) is 0 Å². The molecule has 1 unspecified atom stereocenters. The zero-order valence-corrected chi connectivity index (χ0v) is 13.5. The molecule has 2 amide bonds. The van der Waals surface area contributed by atoms with Crippen molar-refractivity contribution < 1.29 is 19.0 Å². The van der Waals surface area contributed by atoms with Crippen LogP contribution in [-0.4, -0.2) is 24.3 Å². The summed E-state index contributed by atoms with van der Waals surface area (Å²) in [6, 6.07) is 12.5. The quantitative estimate of drug-likeness (QED) is 0.727. The predicted molar refractivity (Wildman–Crippen MR) is 90.6 cm³/mol. The second-order valence-electron chi connectivity index (χ2n) is 5.22. The van der Waals surface area contributed by atoms with Crippen LogP contribution in [0.3, 0.4) is 0 Å². The average Bonchev–Trinajstić information content (AvgIpc) is 2.59. The van der Waals surface area contributed by atoms with E-state index in [-0.39, 0.29) is 12.1 Å². The highest BCUT2D eigenvalue weighted by atomic mass is 19.1. The molecular formula is C18H21FN2O3. The third kappa shape index (κ3) is 4.96. The molecule has 0 spiro atoms. The second-order valence-corrected chi connectivity index (χ2v) is 5.22. The summed E-state index contributed by atoms with van der Waals surface area (Å²) in [4.78, 5) is 12.0. The molecule has 24 heavy (non-hydrogen) atoms. The lowest BCUT2D eigenvalue weighted by molar-refractivity contribution is 0.170. The number of ether oxygens (including phenoxy) is 1. The molecule has 2 rings (SSSR count). The topological polar surface area (TPSA) is 70.6 Å². The van der Waals surface area contributed by atoms with Crippen LogP contribution in [0, 0.1) is 5.82 Å². The maximum Gasteiger partial charge on any atom is 0.319 e. The lowest BCUT2D eigenvalue weighted by atomic mass is 10.1. The highest BCUT2D eigenvalue weighted by Gasteiger charge is 2.14. The minimum absolute atomic E-state index is 0.106. The first-order valence-corrected chi connectivity index (χ1v) is 7.81. The van der Waals surface area contributed by atoms with Gasteiger partial charge in [0, 0.05) is 12.1 Å². The molecule has 128 valence electrons. The molecule has 0 saturated carbocycles. The van der Waals surface area contributed by atoms with Crippen LogP contribution >= 0.6 is 0 Å². The van der Waals surface area contributed by atoms with Crippen LogP contribution in [0.2, 0.25) is 0 Å². The van der Waals surface area contributed by atoms with Crippen LogP contribution in [0.15, 0.2) is 48.5 Å². The van der Waals surface area contributed by atoms with Gasteiger partial charge in [-0.1, -0.05) is 37.3 Å². The van der Waals surface area contributed by atoms with Gasteiger partial charge in [0.2, 0.25) is 0 Å². The Bertz CT molecular complexity index is 679. The number of hydrogen-bond acceptors (Lipinski definition) is 3. The smallest absolute Gasteiger partial charge is 0.319 e. The number of halogens is 1. The Kier molecular flexibility index (Phi) is 6.57. The molecule has 3 N–H and O–H groups in total. The van der Waals surface area contributed by atoms with E-state index < -0.39 is 18.0 Å². The number of hydrogen-bond donors (Lipinski definition) is 3. The Labute approximate surface area is 140 Å². The van der Waals surface area contributed by atoms with Crippen molar-refractivity contribution in [2.75, 3.05) is 18.5 Å². The third-order valence-electron chi connectivity index (χ3n) is 3.32. The van der Waals surface area contributed by atoms with Crippen molar-refractivity contribution in [3.05, 3.63) is 59.9 Å². The van der Waals surface area contributed by atoms with E-state index in [0.29, 0.717) is 18.0 Å². The monoisotopic (exact) mass is 332 g/mol. The van der Waals surface area contributed by atoms with Crippen molar-refractivity contribution in [2.45, 2.75) is 19.4 Å². The highest BCUT2D eigenvalue weighted by Crippen LogP contribution is 2.23. The molecule has 2 aromatic carbocycles. The summed E-state index contributed by atoms with van der Waals surface area (Å²) in [5.41, 5.74) is 0.674. The molecule has 0 aliphatic heterocycles. The molecule has 0 saturated heterocycles. The molecule has 0 bridgehead atoms. The van der Waals surface area contributed by atoms with Crippen molar-refractivity contribution in [2.24, 2.45) is 0 Å². The Morgan fingerprint density at radius 3 is 2.67 bits per heavy atom. The number of carbonyl (C=O) groups is 1. The van der Waals surface area contributed by atoms with Gasteiger partial charge in [-0.05, 0) is 24.6 Å². The van der Waals surface area contributed by atoms with E-state index in [2.05, 4.69) is 10.6 Å². The van der Waals surface area contributed by atoms with Gasteiger partial charge in [-0.15, -0.1) is 0 Å². The van der Waals surface area contributed by atoms with E-state index in [0.717, 1.165) is 6.42 Å².